The second-order valence-corrected chi connectivity index (χ2v) is 10.8. The zero-order chi connectivity index (χ0) is 22.8. The maximum atomic E-state index is 12.3. The van der Waals surface area contributed by atoms with Gasteiger partial charge in [-0.2, -0.15) is 11.8 Å². The van der Waals surface area contributed by atoms with E-state index in [0.717, 1.165) is 17.7 Å². The number of thioether (sulfide) groups is 2. The highest BCUT2D eigenvalue weighted by Crippen LogP contribution is 2.54. The highest BCUT2D eigenvalue weighted by molar-refractivity contribution is 8.01. The molecule has 32 heavy (non-hydrogen) atoms. The van der Waals surface area contributed by atoms with Gasteiger partial charge in [-0.15, -0.1) is 11.8 Å². The first kappa shape index (κ1) is 24.7. The van der Waals surface area contributed by atoms with E-state index < -0.39 is 5.97 Å². The van der Waals surface area contributed by atoms with Crippen molar-refractivity contribution in [3.63, 3.8) is 0 Å². The van der Waals surface area contributed by atoms with Crippen molar-refractivity contribution in [3.8, 4) is 0 Å². The monoisotopic (exact) mass is 476 g/mol. The van der Waals surface area contributed by atoms with Gasteiger partial charge in [0.25, 0.3) is 0 Å². The van der Waals surface area contributed by atoms with Crippen LogP contribution in [0.5, 0.6) is 0 Å². The van der Waals surface area contributed by atoms with E-state index in [2.05, 4.69) is 34.5 Å². The smallest absolute Gasteiger partial charge is 0.303 e. The molecule has 2 heterocycles. The maximum absolute atomic E-state index is 12.3. The van der Waals surface area contributed by atoms with Crippen LogP contribution >= 0.6 is 23.5 Å². The largest absolute Gasteiger partial charge is 0.481 e. The van der Waals surface area contributed by atoms with Crippen LogP contribution in [0.4, 0.5) is 0 Å². The minimum Gasteiger partial charge on any atom is -0.481 e. The van der Waals surface area contributed by atoms with E-state index in [0.29, 0.717) is 41.1 Å². The number of carbonyl (C=O) groups excluding carboxylic acids is 2. The lowest BCUT2D eigenvalue weighted by Crippen LogP contribution is -2.42. The number of aliphatic carboxylic acids is 1. The fourth-order valence-electron chi connectivity index (χ4n) is 4.41. The Morgan fingerprint density at radius 2 is 1.78 bits per heavy atom. The average Bonchev–Trinajstić information content (AvgIpc) is 3.39. The molecule has 6 nitrogen and oxygen atoms in total. The second kappa shape index (κ2) is 12.9. The van der Waals surface area contributed by atoms with Gasteiger partial charge in [0, 0.05) is 28.4 Å². The van der Waals surface area contributed by atoms with Crippen molar-refractivity contribution in [2.45, 2.75) is 53.9 Å². The van der Waals surface area contributed by atoms with Gasteiger partial charge in [0.15, 0.2) is 0 Å². The fourth-order valence-corrected chi connectivity index (χ4v) is 7.17. The van der Waals surface area contributed by atoms with E-state index in [9.17, 15) is 14.4 Å². The molecule has 4 unspecified atom stereocenters. The first-order valence-electron chi connectivity index (χ1n) is 11.3. The summed E-state index contributed by atoms with van der Waals surface area (Å²) in [5.41, 5.74) is 0. The van der Waals surface area contributed by atoms with Crippen molar-refractivity contribution in [2.75, 3.05) is 18.8 Å². The van der Waals surface area contributed by atoms with Crippen LogP contribution in [0.25, 0.3) is 0 Å². The third-order valence-electron chi connectivity index (χ3n) is 6.02. The Balaban J connectivity index is 1.34. The van der Waals surface area contributed by atoms with E-state index in [1.54, 1.807) is 0 Å². The van der Waals surface area contributed by atoms with E-state index >= 15 is 0 Å². The molecule has 2 aliphatic heterocycles. The van der Waals surface area contributed by atoms with Crippen molar-refractivity contribution in [1.29, 1.82) is 0 Å². The van der Waals surface area contributed by atoms with E-state index in [1.165, 1.54) is 24.6 Å². The lowest BCUT2D eigenvalue weighted by molar-refractivity contribution is -0.137. The number of nitrogens with one attached hydrogen (secondary N) is 2. The second-order valence-electron chi connectivity index (χ2n) is 8.29. The number of benzene rings is 1. The molecule has 0 radical (unpaired) electrons. The molecular weight excluding hydrogens is 444 g/mol. The topological polar surface area (TPSA) is 95.5 Å². The summed E-state index contributed by atoms with van der Waals surface area (Å²) in [6, 6.07) is 9.72. The highest BCUT2D eigenvalue weighted by Gasteiger charge is 2.47. The number of carboxylic acid groups (broad SMARTS) is 1. The Labute approximate surface area is 198 Å². The van der Waals surface area contributed by atoms with Gasteiger partial charge in [-0.25, -0.2) is 0 Å². The third-order valence-corrected chi connectivity index (χ3v) is 8.90. The molecule has 3 rings (SSSR count). The molecule has 0 aromatic heterocycles. The lowest BCUT2D eigenvalue weighted by atomic mass is 9.77. The quantitative estimate of drug-likeness (QED) is 0.228. The number of carbonyl (C=O) groups is 3. The van der Waals surface area contributed by atoms with Gasteiger partial charge >= 0.3 is 5.97 Å². The standard InChI is InChI=1S/C24H32N2O4S2/c27-22(15-26-23(28)16-31-17-8-4-3-5-9-17)25-14-19-18(20-12-13-21(19)32-20)10-6-1-2-7-11-24(29)30/h1,3-6,8-9,18-21H,2,7,10-16H2,(H,25,27)(H,26,28)(H,29,30)/b6-1-. The van der Waals surface area contributed by atoms with Gasteiger partial charge in [0.1, 0.15) is 0 Å². The summed E-state index contributed by atoms with van der Waals surface area (Å²) in [4.78, 5) is 35.9. The maximum Gasteiger partial charge on any atom is 0.303 e. The Bertz CT molecular complexity index is 802. The normalized spacial score (nSPS) is 24.0. The number of hydrogen-bond acceptors (Lipinski definition) is 5. The summed E-state index contributed by atoms with van der Waals surface area (Å²) in [7, 11) is 0. The number of rotatable bonds is 13. The van der Waals surface area contributed by atoms with Gasteiger partial charge in [0.2, 0.25) is 11.8 Å². The van der Waals surface area contributed by atoms with E-state index in [4.69, 9.17) is 5.11 Å². The number of amides is 2. The molecule has 2 saturated heterocycles. The van der Waals surface area contributed by atoms with Crippen LogP contribution in [0.2, 0.25) is 0 Å². The predicted molar refractivity (Wildman–Crippen MR) is 130 cm³/mol. The minimum absolute atomic E-state index is 0.0102. The molecule has 0 aliphatic carbocycles. The van der Waals surface area contributed by atoms with E-state index in [1.807, 2.05) is 30.3 Å². The first-order valence-corrected chi connectivity index (χ1v) is 13.2. The van der Waals surface area contributed by atoms with Gasteiger partial charge in [-0.05, 0) is 56.1 Å². The molecule has 3 N–H and O–H groups in total. The van der Waals surface area contributed by atoms with E-state index in [-0.39, 0.29) is 24.8 Å². The summed E-state index contributed by atoms with van der Waals surface area (Å²) in [6.07, 6.45) is 9.40. The summed E-state index contributed by atoms with van der Waals surface area (Å²) >= 11 is 3.51. The lowest BCUT2D eigenvalue weighted by Gasteiger charge is -2.29. The summed E-state index contributed by atoms with van der Waals surface area (Å²) in [6.45, 7) is 0.662. The third kappa shape index (κ3) is 7.89. The van der Waals surface area contributed by atoms with Gasteiger partial charge in [0.05, 0.1) is 12.3 Å². The first-order chi connectivity index (χ1) is 15.5. The summed E-state index contributed by atoms with van der Waals surface area (Å²) in [5, 5.41) is 15.7. The molecule has 174 valence electrons. The van der Waals surface area contributed by atoms with Crippen LogP contribution < -0.4 is 10.6 Å². The van der Waals surface area contributed by atoms with Gasteiger partial charge in [-0.1, -0.05) is 30.4 Å². The number of carboxylic acids is 1. The van der Waals surface area contributed by atoms with Crippen molar-refractivity contribution in [1.82, 2.24) is 10.6 Å². The molecule has 1 aromatic carbocycles. The van der Waals surface area contributed by atoms with Crippen molar-refractivity contribution < 1.29 is 19.5 Å². The summed E-state index contributed by atoms with van der Waals surface area (Å²) < 4.78 is 0. The molecule has 0 saturated carbocycles. The Kier molecular flexibility index (Phi) is 9.99. The molecule has 8 heteroatoms. The van der Waals surface area contributed by atoms with Crippen LogP contribution in [0.15, 0.2) is 47.4 Å². The number of allylic oxidation sites excluding steroid dienone is 2. The molecule has 2 aliphatic rings. The Hall–Kier alpha value is -1.93. The molecular formula is C24H32N2O4S2. The summed E-state index contributed by atoms with van der Waals surface area (Å²) in [5.74, 6) is 0.266. The molecule has 2 fully saturated rings. The number of hydrogen-bond donors (Lipinski definition) is 3. The number of unbranched alkanes of at least 4 members (excludes halogenated alkanes) is 1. The van der Waals surface area contributed by atoms with Crippen LogP contribution in [-0.2, 0) is 14.4 Å². The van der Waals surface area contributed by atoms with Crippen LogP contribution in [-0.4, -0.2) is 52.2 Å². The van der Waals surface area contributed by atoms with Crippen LogP contribution in [0.3, 0.4) is 0 Å². The fraction of sp³-hybridized carbons (Fsp3) is 0.542. The molecule has 1 aromatic rings. The highest BCUT2D eigenvalue weighted by atomic mass is 32.2. The SMILES string of the molecule is O=C(O)CCC/C=C\CC1C2CCC(S2)C1CNC(=O)CNC(=O)CSc1ccccc1. The Morgan fingerprint density at radius 1 is 1.03 bits per heavy atom. The zero-order valence-electron chi connectivity index (χ0n) is 18.2. The average molecular weight is 477 g/mol. The molecule has 2 bridgehead atoms. The number of fused-ring (bicyclic) bond motifs is 2. The zero-order valence-corrected chi connectivity index (χ0v) is 19.8. The van der Waals surface area contributed by atoms with Crippen LogP contribution in [0.1, 0.15) is 38.5 Å². The van der Waals surface area contributed by atoms with Crippen molar-refractivity contribution in [2.24, 2.45) is 11.8 Å². The van der Waals surface area contributed by atoms with Gasteiger partial charge < -0.3 is 15.7 Å². The van der Waals surface area contributed by atoms with Crippen molar-refractivity contribution in [3.05, 3.63) is 42.5 Å². The predicted octanol–water partition coefficient (Wildman–Crippen LogP) is 3.72. The van der Waals surface area contributed by atoms with Crippen molar-refractivity contribution >= 4 is 41.3 Å². The molecule has 0 spiro atoms. The van der Waals surface area contributed by atoms with Crippen LogP contribution in [0, 0.1) is 11.8 Å². The molecule has 2 amide bonds. The van der Waals surface area contributed by atoms with Gasteiger partial charge in [-0.3, -0.25) is 14.4 Å². The Morgan fingerprint density at radius 3 is 2.53 bits per heavy atom. The minimum atomic E-state index is -0.746. The molecule has 4 atom stereocenters.